The van der Waals surface area contributed by atoms with E-state index in [1.54, 1.807) is 25.4 Å². The van der Waals surface area contributed by atoms with Crippen LogP contribution in [0.1, 0.15) is 117 Å². The molecule has 0 aliphatic heterocycles. The Hall–Kier alpha value is -4.89. The van der Waals surface area contributed by atoms with Crippen LogP contribution in [0.2, 0.25) is 0 Å². The Balaban J connectivity index is 0.973. The fourth-order valence-electron chi connectivity index (χ4n) is 7.01. The average molecular weight is 693 g/mol. The van der Waals surface area contributed by atoms with E-state index in [4.69, 9.17) is 10.5 Å². The Morgan fingerprint density at radius 2 is 1.57 bits per heavy atom. The second-order valence-corrected chi connectivity index (χ2v) is 13.7. The van der Waals surface area contributed by atoms with Gasteiger partial charge in [-0.1, -0.05) is 88.8 Å². The Morgan fingerprint density at radius 1 is 0.882 bits per heavy atom. The van der Waals surface area contributed by atoms with Crippen LogP contribution in [-0.2, 0) is 6.42 Å². The molecule has 270 valence electrons. The number of amides is 1. The number of aryl methyl sites for hydroxylation is 2. The van der Waals surface area contributed by atoms with Crippen LogP contribution in [0.4, 0.5) is 11.4 Å². The molecule has 9 nitrogen and oxygen atoms in total. The number of pyridine rings is 2. The molecule has 0 saturated carbocycles. The maximum Gasteiger partial charge on any atom is 0.252 e. The average Bonchev–Trinajstić information content (AvgIpc) is 3.12. The van der Waals surface area contributed by atoms with Crippen LogP contribution in [0.15, 0.2) is 71.7 Å². The van der Waals surface area contributed by atoms with E-state index in [2.05, 4.69) is 34.3 Å². The first-order valence-corrected chi connectivity index (χ1v) is 18.4. The normalized spacial score (nSPS) is 12.0. The summed E-state index contributed by atoms with van der Waals surface area (Å²) in [5.41, 5.74) is 11.6. The number of unbranched alkanes of at least 4 members (excludes halogenated alkanes) is 11. The van der Waals surface area contributed by atoms with E-state index in [1.807, 2.05) is 24.3 Å². The van der Waals surface area contributed by atoms with E-state index in [-0.39, 0.29) is 11.3 Å². The van der Waals surface area contributed by atoms with Gasteiger partial charge >= 0.3 is 0 Å². The number of aromatic hydroxyl groups is 1. The first kappa shape index (κ1) is 37.4. The van der Waals surface area contributed by atoms with Gasteiger partial charge in [0.1, 0.15) is 11.5 Å². The number of aromatic nitrogens is 2. The summed E-state index contributed by atoms with van der Waals surface area (Å²) in [6.07, 6.45) is 16.9. The third kappa shape index (κ3) is 10.1. The number of phenolic OH excluding ortho intramolecular Hbond substituents is 1. The Morgan fingerprint density at radius 3 is 2.25 bits per heavy atom. The minimum absolute atomic E-state index is 0.0151. The molecule has 0 bridgehead atoms. The number of H-pyrrole nitrogens is 1. The smallest absolute Gasteiger partial charge is 0.252 e. The summed E-state index contributed by atoms with van der Waals surface area (Å²) in [6.45, 7) is 2.06. The third-order valence-corrected chi connectivity index (χ3v) is 9.79. The van der Waals surface area contributed by atoms with Crippen molar-refractivity contribution in [3.05, 3.63) is 99.5 Å². The monoisotopic (exact) mass is 692 g/mol. The van der Waals surface area contributed by atoms with Gasteiger partial charge in [-0.15, -0.1) is 0 Å². The summed E-state index contributed by atoms with van der Waals surface area (Å²) in [6, 6.07) is 18.3. The zero-order valence-corrected chi connectivity index (χ0v) is 30.0. The predicted octanol–water partition coefficient (Wildman–Crippen LogP) is 9.29. The van der Waals surface area contributed by atoms with Gasteiger partial charge in [-0.25, -0.2) is 0 Å². The molecular formula is C42H52N4O5. The molecule has 2 aromatic heterocycles. The number of benzene rings is 3. The predicted molar refractivity (Wildman–Crippen MR) is 206 cm³/mol. The number of hydrogen-bond donors (Lipinski definition) is 5. The summed E-state index contributed by atoms with van der Waals surface area (Å²) < 4.78 is 5.38. The van der Waals surface area contributed by atoms with Crippen molar-refractivity contribution < 1.29 is 19.7 Å². The van der Waals surface area contributed by atoms with E-state index in [0.717, 1.165) is 59.2 Å². The van der Waals surface area contributed by atoms with Crippen molar-refractivity contribution in [2.24, 2.45) is 5.73 Å². The lowest BCUT2D eigenvalue weighted by molar-refractivity contribution is 0.100. The van der Waals surface area contributed by atoms with Gasteiger partial charge in [0.05, 0.1) is 35.5 Å². The van der Waals surface area contributed by atoms with Crippen molar-refractivity contribution >= 4 is 39.1 Å². The number of methoxy groups -OCH3 is 1. The van der Waals surface area contributed by atoms with Crippen LogP contribution in [0, 0.1) is 6.92 Å². The van der Waals surface area contributed by atoms with Gasteiger partial charge in [0, 0.05) is 34.8 Å². The topological polar surface area (TPSA) is 151 Å². The van der Waals surface area contributed by atoms with Crippen LogP contribution in [0.25, 0.3) is 21.8 Å². The Labute approximate surface area is 300 Å². The Kier molecular flexibility index (Phi) is 13.5. The highest BCUT2D eigenvalue weighted by Gasteiger charge is 2.17. The molecule has 51 heavy (non-hydrogen) atoms. The number of fused-ring (bicyclic) bond motifs is 2. The van der Waals surface area contributed by atoms with Gasteiger partial charge in [-0.2, -0.15) is 0 Å². The minimum atomic E-state index is -0.620. The summed E-state index contributed by atoms with van der Waals surface area (Å²) >= 11 is 0. The molecule has 1 amide bonds. The summed E-state index contributed by atoms with van der Waals surface area (Å²) in [5.74, 6) is 0.217. The van der Waals surface area contributed by atoms with Crippen molar-refractivity contribution in [2.45, 2.75) is 103 Å². The standard InChI is InChI=1S/C42H52N4O5/c1-28-24-29(25-34-39(28)44-27-35(42(43)50)40(34)45-30-17-15-18-31(26-30)51-2)16-13-11-9-7-5-3-4-6-8-10-12-14-19-36(47)32-20-22-37(48)41-33(32)21-23-38(49)46-41/h15,17-18,20-27,36,47-48H,3-14,16,19H2,1-2H3,(H2,43,50)(H,44,45)(H,46,49)/t36-/m0/s1. The van der Waals surface area contributed by atoms with Crippen molar-refractivity contribution in [2.75, 3.05) is 12.4 Å². The van der Waals surface area contributed by atoms with E-state index >= 15 is 0 Å². The fraction of sp³-hybridized carbons (Fsp3) is 0.405. The third-order valence-electron chi connectivity index (χ3n) is 9.79. The van der Waals surface area contributed by atoms with Crippen molar-refractivity contribution in [1.29, 1.82) is 0 Å². The molecule has 1 atom stereocenters. The number of phenols is 1. The van der Waals surface area contributed by atoms with E-state index in [1.165, 1.54) is 75.5 Å². The second-order valence-electron chi connectivity index (χ2n) is 13.7. The molecule has 5 aromatic rings. The van der Waals surface area contributed by atoms with Crippen molar-refractivity contribution in [3.63, 3.8) is 0 Å². The lowest BCUT2D eigenvalue weighted by atomic mass is 9.97. The maximum absolute atomic E-state index is 12.4. The van der Waals surface area contributed by atoms with Crippen molar-refractivity contribution in [3.8, 4) is 11.5 Å². The molecule has 0 aliphatic rings. The van der Waals surface area contributed by atoms with Gasteiger partial charge < -0.3 is 31.0 Å². The number of anilines is 2. The van der Waals surface area contributed by atoms with E-state index < -0.39 is 12.0 Å². The first-order chi connectivity index (χ1) is 24.7. The number of hydrogen-bond acceptors (Lipinski definition) is 7. The molecule has 0 aliphatic carbocycles. The summed E-state index contributed by atoms with van der Waals surface area (Å²) in [5, 5.41) is 25.8. The summed E-state index contributed by atoms with van der Waals surface area (Å²) in [4.78, 5) is 31.3. The number of carbonyl (C=O) groups excluding carboxylic acids is 1. The van der Waals surface area contributed by atoms with Crippen LogP contribution < -0.4 is 21.3 Å². The minimum Gasteiger partial charge on any atom is -0.506 e. The molecule has 0 fully saturated rings. The molecular weight excluding hydrogens is 640 g/mol. The number of aromatic amines is 1. The van der Waals surface area contributed by atoms with Crippen LogP contribution in [-0.4, -0.2) is 33.2 Å². The molecule has 9 heteroatoms. The quantitative estimate of drug-likeness (QED) is 0.0510. The molecule has 3 aromatic carbocycles. The lowest BCUT2D eigenvalue weighted by Gasteiger charge is -2.16. The molecule has 2 heterocycles. The molecule has 0 spiro atoms. The number of aliphatic hydroxyl groups excluding tert-OH is 1. The van der Waals surface area contributed by atoms with Gasteiger partial charge in [0.2, 0.25) is 5.56 Å². The second kappa shape index (κ2) is 18.4. The van der Waals surface area contributed by atoms with E-state index in [0.29, 0.717) is 28.6 Å². The number of nitrogens with two attached hydrogens (primary N) is 1. The zero-order valence-electron chi connectivity index (χ0n) is 30.0. The van der Waals surface area contributed by atoms with Crippen molar-refractivity contribution in [1.82, 2.24) is 9.97 Å². The summed E-state index contributed by atoms with van der Waals surface area (Å²) in [7, 11) is 1.63. The van der Waals surface area contributed by atoms with Gasteiger partial charge in [-0.05, 0) is 73.2 Å². The number of rotatable bonds is 20. The molecule has 5 rings (SSSR count). The maximum atomic E-state index is 12.4. The molecule has 0 unspecified atom stereocenters. The van der Waals surface area contributed by atoms with E-state index in [9.17, 15) is 19.8 Å². The first-order valence-electron chi connectivity index (χ1n) is 18.4. The molecule has 6 N–H and O–H groups in total. The zero-order chi connectivity index (χ0) is 36.2. The number of primary amides is 1. The number of nitrogens with one attached hydrogen (secondary N) is 2. The highest BCUT2D eigenvalue weighted by atomic mass is 16.5. The number of aliphatic hydroxyl groups is 1. The Bertz CT molecular complexity index is 1990. The number of carbonyl (C=O) groups is 1. The van der Waals surface area contributed by atoms with Gasteiger partial charge in [0.15, 0.2) is 0 Å². The lowest BCUT2D eigenvalue weighted by Crippen LogP contribution is -2.14. The van der Waals surface area contributed by atoms with Crippen LogP contribution >= 0.6 is 0 Å². The van der Waals surface area contributed by atoms with Gasteiger partial charge in [-0.3, -0.25) is 14.6 Å². The molecule has 0 radical (unpaired) electrons. The number of nitrogens with zero attached hydrogens (tertiary/aromatic N) is 1. The van der Waals surface area contributed by atoms with Crippen LogP contribution in [0.3, 0.4) is 0 Å². The highest BCUT2D eigenvalue weighted by Crippen LogP contribution is 2.34. The van der Waals surface area contributed by atoms with Crippen LogP contribution in [0.5, 0.6) is 11.5 Å². The SMILES string of the molecule is COc1cccc(Nc2c(C(N)=O)cnc3c(C)cc(CCCCCCCCCCCCCC[C@H](O)c4ccc(O)c5[nH]c(=O)ccc45)cc23)c1. The molecule has 0 saturated heterocycles. The highest BCUT2D eigenvalue weighted by molar-refractivity contribution is 6.08. The van der Waals surface area contributed by atoms with Gasteiger partial charge in [0.25, 0.3) is 5.91 Å². The fourth-order valence-corrected chi connectivity index (χ4v) is 7.01. The number of ether oxygens (including phenoxy) is 1. The largest absolute Gasteiger partial charge is 0.506 e.